The van der Waals surface area contributed by atoms with Crippen molar-refractivity contribution in [2.45, 2.75) is 58.4 Å². The van der Waals surface area contributed by atoms with Crippen molar-refractivity contribution in [3.8, 4) is 0 Å². The van der Waals surface area contributed by atoms with Crippen LogP contribution in [-0.2, 0) is 9.59 Å². The van der Waals surface area contributed by atoms with Gasteiger partial charge >= 0.3 is 0 Å². The second kappa shape index (κ2) is 9.79. The van der Waals surface area contributed by atoms with Gasteiger partial charge in [0.1, 0.15) is 10.7 Å². The van der Waals surface area contributed by atoms with E-state index < -0.39 is 11.8 Å². The number of anilines is 2. The molecule has 7 heteroatoms. The number of amides is 3. The Balaban J connectivity index is 1.51. The number of carbonyl (C=O) groups is 3. The molecule has 2 aromatic carbocycles. The van der Waals surface area contributed by atoms with Crippen LogP contribution in [0.4, 0.5) is 11.4 Å². The van der Waals surface area contributed by atoms with E-state index in [1.54, 1.807) is 30.3 Å². The lowest BCUT2D eigenvalue weighted by Gasteiger charge is -2.18. The fourth-order valence-corrected chi connectivity index (χ4v) is 4.67. The quantitative estimate of drug-likeness (QED) is 0.470. The average Bonchev–Trinajstić information content (AvgIpc) is 2.98. The highest BCUT2D eigenvalue weighted by Gasteiger charge is 2.39. The molecule has 6 nitrogen and oxygen atoms in total. The number of rotatable bonds is 5. The van der Waals surface area contributed by atoms with E-state index in [0.717, 1.165) is 41.7 Å². The van der Waals surface area contributed by atoms with Gasteiger partial charge in [-0.3, -0.25) is 14.4 Å². The van der Waals surface area contributed by atoms with Crippen molar-refractivity contribution in [3.63, 3.8) is 0 Å². The van der Waals surface area contributed by atoms with Gasteiger partial charge in [-0.2, -0.15) is 0 Å². The zero-order chi connectivity index (χ0) is 23.5. The average molecular weight is 466 g/mol. The Morgan fingerprint density at radius 2 is 1.70 bits per heavy atom. The molecule has 0 unspecified atom stereocenters. The summed E-state index contributed by atoms with van der Waals surface area (Å²) in [6.45, 7) is 3.79. The summed E-state index contributed by atoms with van der Waals surface area (Å²) in [4.78, 5) is 39.8. The predicted octanol–water partition coefficient (Wildman–Crippen LogP) is 5.19. The van der Waals surface area contributed by atoms with Gasteiger partial charge in [0, 0.05) is 17.3 Å². The zero-order valence-corrected chi connectivity index (χ0v) is 19.7. The van der Waals surface area contributed by atoms with Gasteiger partial charge in [0.15, 0.2) is 0 Å². The molecule has 1 aliphatic carbocycles. The number of hydrogen-bond acceptors (Lipinski definition) is 4. The van der Waals surface area contributed by atoms with E-state index in [1.807, 2.05) is 26.0 Å². The number of carbonyl (C=O) groups excluding carboxylic acids is 3. The highest BCUT2D eigenvalue weighted by molar-refractivity contribution is 6.53. The van der Waals surface area contributed by atoms with Crippen molar-refractivity contribution in [2.75, 3.05) is 10.2 Å². The van der Waals surface area contributed by atoms with Crippen molar-refractivity contribution >= 4 is 40.7 Å². The summed E-state index contributed by atoms with van der Waals surface area (Å²) in [5.74, 6) is -1.24. The summed E-state index contributed by atoms with van der Waals surface area (Å²) in [7, 11) is 0. The molecule has 33 heavy (non-hydrogen) atoms. The Labute approximate surface area is 199 Å². The summed E-state index contributed by atoms with van der Waals surface area (Å²) >= 11 is 6.27. The molecule has 0 radical (unpaired) electrons. The van der Waals surface area contributed by atoms with Crippen LogP contribution in [0.5, 0.6) is 0 Å². The normalized spacial score (nSPS) is 17.4. The van der Waals surface area contributed by atoms with Gasteiger partial charge in [0.2, 0.25) is 0 Å². The van der Waals surface area contributed by atoms with Crippen molar-refractivity contribution in [2.24, 2.45) is 0 Å². The summed E-state index contributed by atoms with van der Waals surface area (Å²) in [6.07, 6.45) is 6.69. The first kappa shape index (κ1) is 23.1. The predicted molar refractivity (Wildman–Crippen MR) is 130 cm³/mol. The van der Waals surface area contributed by atoms with E-state index in [4.69, 9.17) is 11.6 Å². The summed E-state index contributed by atoms with van der Waals surface area (Å²) < 4.78 is 0. The molecule has 1 saturated carbocycles. The van der Waals surface area contributed by atoms with Gasteiger partial charge in [-0.05, 0) is 56.5 Å². The Morgan fingerprint density at radius 3 is 2.39 bits per heavy atom. The van der Waals surface area contributed by atoms with Crippen LogP contribution >= 0.6 is 11.6 Å². The van der Waals surface area contributed by atoms with Gasteiger partial charge in [-0.25, -0.2) is 4.90 Å². The molecule has 0 spiro atoms. The highest BCUT2D eigenvalue weighted by atomic mass is 35.5. The molecule has 1 heterocycles. The third kappa shape index (κ3) is 4.96. The van der Waals surface area contributed by atoms with Crippen LogP contribution in [0.1, 0.15) is 60.0 Å². The number of nitrogens with one attached hydrogen (secondary N) is 2. The minimum Gasteiger partial charge on any atom is -0.350 e. The van der Waals surface area contributed by atoms with Crippen LogP contribution in [-0.4, -0.2) is 23.8 Å². The van der Waals surface area contributed by atoms with Crippen molar-refractivity contribution in [1.29, 1.82) is 0 Å². The molecule has 0 aromatic heterocycles. The van der Waals surface area contributed by atoms with E-state index in [0.29, 0.717) is 16.9 Å². The first-order valence-electron chi connectivity index (χ1n) is 11.4. The number of aryl methyl sites for hydroxylation is 2. The summed E-state index contributed by atoms with van der Waals surface area (Å²) in [5, 5.41) is 5.92. The van der Waals surface area contributed by atoms with Crippen molar-refractivity contribution in [3.05, 3.63) is 69.9 Å². The maximum absolute atomic E-state index is 13.1. The van der Waals surface area contributed by atoms with Gasteiger partial charge in [0.25, 0.3) is 17.7 Å². The van der Waals surface area contributed by atoms with E-state index in [9.17, 15) is 14.4 Å². The number of imide groups is 1. The van der Waals surface area contributed by atoms with E-state index in [1.165, 1.54) is 12.8 Å². The minimum absolute atomic E-state index is 0.00275. The number of nitrogens with zero attached hydrogens (tertiary/aromatic N) is 1. The Morgan fingerprint density at radius 1 is 0.970 bits per heavy atom. The standard InChI is InChI=1S/C26H28ClN3O3/c1-16-12-13-21(17(2)14-16)30-25(32)22(27)23(26(30)33)28-20-11-7-8-18(15-20)24(31)29-19-9-5-3-4-6-10-19/h7-8,11-15,19,28H,3-6,9-10H2,1-2H3,(H,29,31). The largest absolute Gasteiger partial charge is 0.350 e. The SMILES string of the molecule is Cc1ccc(N2C(=O)C(Cl)=C(Nc3cccc(C(=O)NC4CCCCCC4)c3)C2=O)c(C)c1. The van der Waals surface area contributed by atoms with Crippen LogP contribution in [0.25, 0.3) is 0 Å². The molecule has 4 rings (SSSR count). The monoisotopic (exact) mass is 465 g/mol. The maximum Gasteiger partial charge on any atom is 0.283 e. The van der Waals surface area contributed by atoms with Gasteiger partial charge in [0.05, 0.1) is 5.69 Å². The molecule has 172 valence electrons. The molecule has 1 fully saturated rings. The highest BCUT2D eigenvalue weighted by Crippen LogP contribution is 2.32. The Bertz CT molecular complexity index is 1130. The van der Waals surface area contributed by atoms with Crippen molar-refractivity contribution in [1.82, 2.24) is 5.32 Å². The van der Waals surface area contributed by atoms with Crippen LogP contribution in [0.15, 0.2) is 53.2 Å². The fourth-order valence-electron chi connectivity index (χ4n) is 4.46. The summed E-state index contributed by atoms with van der Waals surface area (Å²) in [5.41, 5.74) is 3.35. The molecule has 2 aromatic rings. The molecule has 0 bridgehead atoms. The molecule has 1 aliphatic heterocycles. The number of hydrogen-bond donors (Lipinski definition) is 2. The molecule has 2 aliphatic rings. The van der Waals surface area contributed by atoms with E-state index in [2.05, 4.69) is 10.6 Å². The second-order valence-corrected chi connectivity index (χ2v) is 9.17. The van der Waals surface area contributed by atoms with E-state index >= 15 is 0 Å². The topological polar surface area (TPSA) is 78.5 Å². The van der Waals surface area contributed by atoms with Crippen molar-refractivity contribution < 1.29 is 14.4 Å². The molecular formula is C26H28ClN3O3. The first-order valence-corrected chi connectivity index (χ1v) is 11.8. The van der Waals surface area contributed by atoms with Crippen LogP contribution in [0.3, 0.4) is 0 Å². The third-order valence-electron chi connectivity index (χ3n) is 6.20. The van der Waals surface area contributed by atoms with Crippen LogP contribution < -0.4 is 15.5 Å². The number of halogens is 1. The summed E-state index contributed by atoms with van der Waals surface area (Å²) in [6, 6.07) is 12.6. The maximum atomic E-state index is 13.1. The van der Waals surface area contributed by atoms with E-state index in [-0.39, 0.29) is 22.7 Å². The fraction of sp³-hybridized carbons (Fsp3) is 0.346. The lowest BCUT2D eigenvalue weighted by Crippen LogP contribution is -2.34. The smallest absolute Gasteiger partial charge is 0.283 e. The number of benzene rings is 2. The molecular weight excluding hydrogens is 438 g/mol. The first-order chi connectivity index (χ1) is 15.8. The Kier molecular flexibility index (Phi) is 6.84. The van der Waals surface area contributed by atoms with Crippen LogP contribution in [0.2, 0.25) is 0 Å². The molecule has 3 amide bonds. The van der Waals surface area contributed by atoms with Gasteiger partial charge < -0.3 is 10.6 Å². The zero-order valence-electron chi connectivity index (χ0n) is 18.9. The second-order valence-electron chi connectivity index (χ2n) is 8.79. The molecule has 0 saturated heterocycles. The lowest BCUT2D eigenvalue weighted by molar-refractivity contribution is -0.120. The Hall–Kier alpha value is -3.12. The van der Waals surface area contributed by atoms with Gasteiger partial charge in [-0.15, -0.1) is 0 Å². The molecule has 2 N–H and O–H groups in total. The van der Waals surface area contributed by atoms with Crippen LogP contribution in [0, 0.1) is 13.8 Å². The third-order valence-corrected chi connectivity index (χ3v) is 6.56. The van der Waals surface area contributed by atoms with Gasteiger partial charge in [-0.1, -0.05) is 61.0 Å². The lowest BCUT2D eigenvalue weighted by atomic mass is 10.1. The minimum atomic E-state index is -0.571. The molecule has 0 atom stereocenters.